The Morgan fingerprint density at radius 1 is 1.23 bits per heavy atom. The SMILES string of the molecule is C1=CC(Nc2ccccc2)CCN1. The first-order chi connectivity index (χ1) is 6.45. The van der Waals surface area contributed by atoms with Crippen LogP contribution in [0.25, 0.3) is 0 Å². The van der Waals surface area contributed by atoms with E-state index >= 15 is 0 Å². The van der Waals surface area contributed by atoms with Crippen LogP contribution in [0.15, 0.2) is 42.6 Å². The van der Waals surface area contributed by atoms with Gasteiger partial charge in [0.15, 0.2) is 0 Å². The molecule has 0 saturated heterocycles. The van der Waals surface area contributed by atoms with Crippen molar-refractivity contribution >= 4 is 5.69 Å². The molecule has 2 nitrogen and oxygen atoms in total. The Morgan fingerprint density at radius 3 is 2.77 bits per heavy atom. The summed E-state index contributed by atoms with van der Waals surface area (Å²) < 4.78 is 0. The third-order valence-electron chi connectivity index (χ3n) is 2.17. The molecule has 1 aromatic carbocycles. The molecule has 2 rings (SSSR count). The van der Waals surface area contributed by atoms with E-state index in [4.69, 9.17) is 0 Å². The second-order valence-electron chi connectivity index (χ2n) is 3.22. The molecule has 1 aromatic rings. The van der Waals surface area contributed by atoms with E-state index in [-0.39, 0.29) is 0 Å². The highest BCUT2D eigenvalue weighted by atomic mass is 14.9. The van der Waals surface area contributed by atoms with Crippen molar-refractivity contribution < 1.29 is 0 Å². The Hall–Kier alpha value is -1.44. The van der Waals surface area contributed by atoms with Gasteiger partial charge in [-0.3, -0.25) is 0 Å². The summed E-state index contributed by atoms with van der Waals surface area (Å²) in [7, 11) is 0. The van der Waals surface area contributed by atoms with Crippen LogP contribution in [0.1, 0.15) is 6.42 Å². The molecule has 0 bridgehead atoms. The third kappa shape index (κ3) is 2.25. The topological polar surface area (TPSA) is 24.1 Å². The van der Waals surface area contributed by atoms with Crippen LogP contribution >= 0.6 is 0 Å². The van der Waals surface area contributed by atoms with Gasteiger partial charge in [0, 0.05) is 18.3 Å². The van der Waals surface area contributed by atoms with Gasteiger partial charge in [0.2, 0.25) is 0 Å². The van der Waals surface area contributed by atoms with Crippen molar-refractivity contribution in [1.82, 2.24) is 5.32 Å². The predicted octanol–water partition coefficient (Wildman–Crippen LogP) is 1.97. The predicted molar refractivity (Wildman–Crippen MR) is 55.6 cm³/mol. The van der Waals surface area contributed by atoms with Gasteiger partial charge < -0.3 is 10.6 Å². The molecule has 0 saturated carbocycles. The monoisotopic (exact) mass is 174 g/mol. The van der Waals surface area contributed by atoms with E-state index < -0.39 is 0 Å². The highest BCUT2D eigenvalue weighted by Crippen LogP contribution is 2.10. The maximum absolute atomic E-state index is 3.45. The van der Waals surface area contributed by atoms with Crippen LogP contribution < -0.4 is 10.6 Å². The Bertz CT molecular complexity index is 279. The molecule has 0 fully saturated rings. The molecule has 0 aromatic heterocycles. The summed E-state index contributed by atoms with van der Waals surface area (Å²) in [5, 5.41) is 6.63. The fourth-order valence-electron chi connectivity index (χ4n) is 1.47. The number of hydrogen-bond donors (Lipinski definition) is 2. The number of anilines is 1. The minimum absolute atomic E-state index is 0.476. The highest BCUT2D eigenvalue weighted by molar-refractivity contribution is 5.44. The van der Waals surface area contributed by atoms with Crippen molar-refractivity contribution in [2.45, 2.75) is 12.5 Å². The minimum atomic E-state index is 0.476. The van der Waals surface area contributed by atoms with E-state index in [2.05, 4.69) is 28.8 Å². The lowest BCUT2D eigenvalue weighted by molar-refractivity contribution is 0.675. The third-order valence-corrected chi connectivity index (χ3v) is 2.17. The Morgan fingerprint density at radius 2 is 2.08 bits per heavy atom. The molecule has 1 heterocycles. The summed E-state index contributed by atoms with van der Waals surface area (Å²) in [5.41, 5.74) is 1.19. The van der Waals surface area contributed by atoms with Crippen LogP contribution in [-0.2, 0) is 0 Å². The van der Waals surface area contributed by atoms with Crippen LogP contribution in [0, 0.1) is 0 Å². The zero-order valence-corrected chi connectivity index (χ0v) is 7.53. The van der Waals surface area contributed by atoms with Gasteiger partial charge in [-0.2, -0.15) is 0 Å². The molecule has 1 atom stereocenters. The van der Waals surface area contributed by atoms with Gasteiger partial charge in [0.1, 0.15) is 0 Å². The molecule has 2 N–H and O–H groups in total. The summed E-state index contributed by atoms with van der Waals surface area (Å²) in [6, 6.07) is 10.8. The average Bonchev–Trinajstić information content (AvgIpc) is 2.21. The Balaban J connectivity index is 1.98. The van der Waals surface area contributed by atoms with Gasteiger partial charge in [-0.05, 0) is 30.8 Å². The minimum Gasteiger partial charge on any atom is -0.391 e. The quantitative estimate of drug-likeness (QED) is 0.716. The van der Waals surface area contributed by atoms with Crippen molar-refractivity contribution in [3.63, 3.8) is 0 Å². The smallest absolute Gasteiger partial charge is 0.0477 e. The maximum Gasteiger partial charge on any atom is 0.0477 e. The molecule has 13 heavy (non-hydrogen) atoms. The lowest BCUT2D eigenvalue weighted by Gasteiger charge is -2.19. The second kappa shape index (κ2) is 3.99. The highest BCUT2D eigenvalue weighted by Gasteiger charge is 2.06. The molecule has 0 aliphatic carbocycles. The lowest BCUT2D eigenvalue weighted by Crippen LogP contribution is -2.26. The number of rotatable bonds is 2. The fraction of sp³-hybridized carbons (Fsp3) is 0.273. The Labute approximate surface area is 78.7 Å². The summed E-state index contributed by atoms with van der Waals surface area (Å²) >= 11 is 0. The summed E-state index contributed by atoms with van der Waals surface area (Å²) in [6.45, 7) is 1.06. The van der Waals surface area contributed by atoms with Crippen LogP contribution in [-0.4, -0.2) is 12.6 Å². The summed E-state index contributed by atoms with van der Waals surface area (Å²) in [5.74, 6) is 0. The summed E-state index contributed by atoms with van der Waals surface area (Å²) in [6.07, 6.45) is 5.33. The van der Waals surface area contributed by atoms with Gasteiger partial charge in [-0.15, -0.1) is 0 Å². The van der Waals surface area contributed by atoms with Gasteiger partial charge in [0.05, 0.1) is 0 Å². The van der Waals surface area contributed by atoms with Crippen molar-refractivity contribution in [3.8, 4) is 0 Å². The number of benzene rings is 1. The van der Waals surface area contributed by atoms with Crippen molar-refractivity contribution in [1.29, 1.82) is 0 Å². The summed E-state index contributed by atoms with van der Waals surface area (Å²) in [4.78, 5) is 0. The van der Waals surface area contributed by atoms with E-state index in [1.807, 2.05) is 24.4 Å². The molecular weight excluding hydrogens is 160 g/mol. The van der Waals surface area contributed by atoms with Gasteiger partial charge in [-0.1, -0.05) is 18.2 Å². The molecule has 1 unspecified atom stereocenters. The second-order valence-corrected chi connectivity index (χ2v) is 3.22. The van der Waals surface area contributed by atoms with E-state index in [0.29, 0.717) is 6.04 Å². The van der Waals surface area contributed by atoms with Crippen molar-refractivity contribution in [2.24, 2.45) is 0 Å². The normalized spacial score (nSPS) is 20.8. The van der Waals surface area contributed by atoms with Crippen molar-refractivity contribution in [2.75, 3.05) is 11.9 Å². The largest absolute Gasteiger partial charge is 0.391 e. The Kier molecular flexibility index (Phi) is 2.51. The van der Waals surface area contributed by atoms with Crippen LogP contribution in [0.2, 0.25) is 0 Å². The number of hydrogen-bond acceptors (Lipinski definition) is 2. The average molecular weight is 174 g/mol. The number of para-hydroxylation sites is 1. The zero-order chi connectivity index (χ0) is 8.93. The molecule has 68 valence electrons. The van der Waals surface area contributed by atoms with Crippen LogP contribution in [0.5, 0.6) is 0 Å². The van der Waals surface area contributed by atoms with Gasteiger partial charge in [0.25, 0.3) is 0 Å². The standard InChI is InChI=1S/C11H14N2/c1-2-4-10(5-3-1)13-11-6-8-12-9-7-11/h1-6,8,11-13H,7,9H2. The molecule has 1 aliphatic rings. The van der Waals surface area contributed by atoms with Crippen molar-refractivity contribution in [3.05, 3.63) is 42.6 Å². The van der Waals surface area contributed by atoms with Gasteiger partial charge in [-0.25, -0.2) is 0 Å². The first-order valence-electron chi connectivity index (χ1n) is 4.67. The molecule has 0 amide bonds. The molecule has 0 radical (unpaired) electrons. The molecular formula is C11H14N2. The zero-order valence-electron chi connectivity index (χ0n) is 7.53. The lowest BCUT2D eigenvalue weighted by atomic mass is 10.1. The molecule has 0 spiro atoms. The maximum atomic E-state index is 3.45. The van der Waals surface area contributed by atoms with Gasteiger partial charge >= 0.3 is 0 Å². The fourth-order valence-corrected chi connectivity index (χ4v) is 1.47. The van der Waals surface area contributed by atoms with Crippen LogP contribution in [0.3, 0.4) is 0 Å². The van der Waals surface area contributed by atoms with E-state index in [1.165, 1.54) is 5.69 Å². The van der Waals surface area contributed by atoms with Crippen LogP contribution in [0.4, 0.5) is 5.69 Å². The first-order valence-corrected chi connectivity index (χ1v) is 4.67. The molecule has 1 aliphatic heterocycles. The van der Waals surface area contributed by atoms with E-state index in [0.717, 1.165) is 13.0 Å². The van der Waals surface area contributed by atoms with E-state index in [9.17, 15) is 0 Å². The molecule has 2 heteroatoms. The van der Waals surface area contributed by atoms with E-state index in [1.54, 1.807) is 0 Å². The first kappa shape index (κ1) is 8.17. The number of nitrogens with one attached hydrogen (secondary N) is 2.